The monoisotopic (exact) mass is 202 g/mol. The molecule has 0 aromatic rings. The van der Waals surface area contributed by atoms with Crippen molar-refractivity contribution in [2.75, 3.05) is 0 Å². The van der Waals surface area contributed by atoms with E-state index in [1.54, 1.807) is 16.7 Å². The van der Waals surface area contributed by atoms with E-state index in [0.717, 1.165) is 17.8 Å². The zero-order valence-electron chi connectivity index (χ0n) is 10.3. The van der Waals surface area contributed by atoms with Gasteiger partial charge in [0.1, 0.15) is 0 Å². The van der Waals surface area contributed by atoms with Crippen molar-refractivity contribution >= 4 is 0 Å². The Morgan fingerprint density at radius 2 is 2.07 bits per heavy atom. The van der Waals surface area contributed by atoms with Gasteiger partial charge >= 0.3 is 0 Å². The molecule has 0 N–H and O–H groups in total. The lowest BCUT2D eigenvalue weighted by Gasteiger charge is -2.40. The maximum absolute atomic E-state index is 4.42. The predicted octanol–water partition coefficient (Wildman–Crippen LogP) is 4.34. The van der Waals surface area contributed by atoms with E-state index in [1.807, 2.05) is 0 Å². The standard InChI is InChI=1S/C15H22/c1-9(2)11-7-13-12-5-6-14(13)15(4,8-11)10(12)3/h12-14H,3,5-8H2,1-2,4H3/t12?,13?,14?,15-/m0/s1. The van der Waals surface area contributed by atoms with Crippen LogP contribution in [0.2, 0.25) is 0 Å². The summed E-state index contributed by atoms with van der Waals surface area (Å²) in [7, 11) is 0. The Balaban J connectivity index is 2.06. The van der Waals surface area contributed by atoms with Gasteiger partial charge in [-0.1, -0.05) is 30.2 Å². The highest BCUT2D eigenvalue weighted by Crippen LogP contribution is 2.68. The summed E-state index contributed by atoms with van der Waals surface area (Å²) in [5.74, 6) is 2.80. The molecule has 4 bridgehead atoms. The van der Waals surface area contributed by atoms with Crippen LogP contribution in [0.25, 0.3) is 0 Å². The molecule has 0 amide bonds. The van der Waals surface area contributed by atoms with Crippen molar-refractivity contribution in [1.29, 1.82) is 0 Å². The average Bonchev–Trinajstić information content (AvgIpc) is 2.63. The van der Waals surface area contributed by atoms with Crippen molar-refractivity contribution in [2.45, 2.75) is 46.5 Å². The van der Waals surface area contributed by atoms with Gasteiger partial charge in [-0.2, -0.15) is 0 Å². The zero-order valence-corrected chi connectivity index (χ0v) is 10.3. The fourth-order valence-corrected chi connectivity index (χ4v) is 4.66. The van der Waals surface area contributed by atoms with E-state index in [2.05, 4.69) is 27.4 Å². The van der Waals surface area contributed by atoms with Crippen LogP contribution in [0.3, 0.4) is 0 Å². The van der Waals surface area contributed by atoms with Crippen molar-refractivity contribution in [3.05, 3.63) is 23.3 Å². The van der Waals surface area contributed by atoms with Gasteiger partial charge in [-0.05, 0) is 62.7 Å². The number of hydrogen-bond acceptors (Lipinski definition) is 0. The van der Waals surface area contributed by atoms with Crippen LogP contribution in [0.4, 0.5) is 0 Å². The first-order valence-corrected chi connectivity index (χ1v) is 6.38. The maximum Gasteiger partial charge on any atom is -0.00478 e. The molecule has 0 aliphatic heterocycles. The smallest absolute Gasteiger partial charge is 0.00478 e. The summed E-state index contributed by atoms with van der Waals surface area (Å²) in [6, 6.07) is 0. The molecule has 0 nitrogen and oxygen atoms in total. The van der Waals surface area contributed by atoms with E-state index < -0.39 is 0 Å². The van der Waals surface area contributed by atoms with Crippen molar-refractivity contribution in [2.24, 2.45) is 23.2 Å². The summed E-state index contributed by atoms with van der Waals surface area (Å²) < 4.78 is 0. The van der Waals surface area contributed by atoms with Crippen molar-refractivity contribution in [1.82, 2.24) is 0 Å². The van der Waals surface area contributed by atoms with E-state index in [-0.39, 0.29) is 0 Å². The van der Waals surface area contributed by atoms with Gasteiger partial charge in [0.25, 0.3) is 0 Å². The Morgan fingerprint density at radius 3 is 2.67 bits per heavy atom. The number of allylic oxidation sites excluding steroid dienone is 3. The fourth-order valence-electron chi connectivity index (χ4n) is 4.66. The van der Waals surface area contributed by atoms with Gasteiger partial charge in [0.2, 0.25) is 0 Å². The van der Waals surface area contributed by atoms with Crippen LogP contribution in [0.1, 0.15) is 46.5 Å². The largest absolute Gasteiger partial charge is 0.0990 e. The summed E-state index contributed by atoms with van der Waals surface area (Å²) in [6.07, 6.45) is 5.60. The lowest BCUT2D eigenvalue weighted by Crippen LogP contribution is -2.31. The summed E-state index contributed by atoms with van der Waals surface area (Å²) in [4.78, 5) is 0. The van der Waals surface area contributed by atoms with Gasteiger partial charge < -0.3 is 0 Å². The second-order valence-corrected chi connectivity index (χ2v) is 6.38. The van der Waals surface area contributed by atoms with Crippen molar-refractivity contribution < 1.29 is 0 Å². The van der Waals surface area contributed by atoms with Gasteiger partial charge in [-0.3, -0.25) is 0 Å². The Bertz CT molecular complexity index is 356. The molecule has 3 aliphatic carbocycles. The topological polar surface area (TPSA) is 0 Å². The molecule has 0 heterocycles. The second-order valence-electron chi connectivity index (χ2n) is 6.38. The van der Waals surface area contributed by atoms with Crippen LogP contribution in [-0.4, -0.2) is 0 Å². The first kappa shape index (κ1) is 9.69. The summed E-state index contributed by atoms with van der Waals surface area (Å²) in [6.45, 7) is 11.5. The van der Waals surface area contributed by atoms with Crippen LogP contribution in [0.5, 0.6) is 0 Å². The Labute approximate surface area is 93.5 Å². The Morgan fingerprint density at radius 1 is 1.33 bits per heavy atom. The highest BCUT2D eigenvalue weighted by atomic mass is 14.6. The van der Waals surface area contributed by atoms with Crippen molar-refractivity contribution in [3.8, 4) is 0 Å². The van der Waals surface area contributed by atoms with E-state index in [9.17, 15) is 0 Å². The first-order valence-electron chi connectivity index (χ1n) is 6.38. The Hall–Kier alpha value is -0.520. The maximum atomic E-state index is 4.42. The minimum atomic E-state index is 0.471. The fraction of sp³-hybridized carbons (Fsp3) is 0.733. The first-order chi connectivity index (χ1) is 7.04. The minimum Gasteiger partial charge on any atom is -0.0990 e. The van der Waals surface area contributed by atoms with E-state index in [0.29, 0.717) is 5.41 Å². The molecule has 4 atom stereocenters. The van der Waals surface area contributed by atoms with E-state index in [1.165, 1.54) is 25.7 Å². The Kier molecular flexibility index (Phi) is 1.80. The molecule has 3 unspecified atom stereocenters. The second kappa shape index (κ2) is 2.78. The number of hydrogen-bond donors (Lipinski definition) is 0. The SMILES string of the molecule is C=C1C2CCC3C2CC(=C(C)C)C[C@@]13C. The molecular formula is C15H22. The molecule has 3 aliphatic rings. The van der Waals surface area contributed by atoms with Gasteiger partial charge in [-0.25, -0.2) is 0 Å². The number of rotatable bonds is 0. The van der Waals surface area contributed by atoms with Gasteiger partial charge in [0.15, 0.2) is 0 Å². The van der Waals surface area contributed by atoms with Gasteiger partial charge in [-0.15, -0.1) is 0 Å². The normalized spacial score (nSPS) is 47.5. The molecule has 0 aromatic carbocycles. The molecule has 3 rings (SSSR count). The molecule has 3 saturated carbocycles. The quantitative estimate of drug-likeness (QED) is 0.513. The molecule has 82 valence electrons. The third-order valence-electron chi connectivity index (χ3n) is 5.59. The van der Waals surface area contributed by atoms with Gasteiger partial charge in [0, 0.05) is 0 Å². The summed E-state index contributed by atoms with van der Waals surface area (Å²) >= 11 is 0. The third kappa shape index (κ3) is 1.03. The lowest BCUT2D eigenvalue weighted by atomic mass is 9.64. The molecule has 15 heavy (non-hydrogen) atoms. The third-order valence-corrected chi connectivity index (χ3v) is 5.59. The van der Waals surface area contributed by atoms with Crippen LogP contribution in [0, 0.1) is 23.2 Å². The van der Waals surface area contributed by atoms with Crippen LogP contribution < -0.4 is 0 Å². The molecule has 0 saturated heterocycles. The minimum absolute atomic E-state index is 0.471. The van der Waals surface area contributed by atoms with Gasteiger partial charge in [0.05, 0.1) is 0 Å². The lowest BCUT2D eigenvalue weighted by molar-refractivity contribution is 0.192. The molecule has 3 fully saturated rings. The van der Waals surface area contributed by atoms with E-state index in [4.69, 9.17) is 0 Å². The van der Waals surface area contributed by atoms with Crippen molar-refractivity contribution in [3.63, 3.8) is 0 Å². The highest BCUT2D eigenvalue weighted by Gasteiger charge is 2.59. The predicted molar refractivity (Wildman–Crippen MR) is 64.6 cm³/mol. The average molecular weight is 202 g/mol. The molecule has 0 radical (unpaired) electrons. The summed E-state index contributed by atoms with van der Waals surface area (Å²) in [5.41, 5.74) is 5.38. The highest BCUT2D eigenvalue weighted by molar-refractivity contribution is 5.35. The van der Waals surface area contributed by atoms with Crippen LogP contribution in [0.15, 0.2) is 23.3 Å². The molecule has 0 aromatic heterocycles. The summed E-state index contributed by atoms with van der Waals surface area (Å²) in [5, 5.41) is 0. The molecular weight excluding hydrogens is 180 g/mol. The van der Waals surface area contributed by atoms with E-state index >= 15 is 0 Å². The van der Waals surface area contributed by atoms with Crippen LogP contribution in [-0.2, 0) is 0 Å². The zero-order chi connectivity index (χ0) is 10.8. The van der Waals surface area contributed by atoms with Crippen LogP contribution >= 0.6 is 0 Å². The molecule has 0 heteroatoms. The molecule has 0 spiro atoms.